The van der Waals surface area contributed by atoms with Gasteiger partial charge in [0.2, 0.25) is 5.91 Å². The molecule has 1 aliphatic heterocycles. The van der Waals surface area contributed by atoms with Crippen molar-refractivity contribution in [2.75, 3.05) is 18.5 Å². The summed E-state index contributed by atoms with van der Waals surface area (Å²) in [6, 6.07) is 8.74. The third-order valence-electron chi connectivity index (χ3n) is 7.33. The Morgan fingerprint density at radius 3 is 2.32 bits per heavy atom. The molecule has 186 valence electrons. The molecule has 0 saturated carbocycles. The van der Waals surface area contributed by atoms with Crippen LogP contribution < -0.4 is 16.6 Å². The number of aromatic nitrogens is 1. The number of amides is 1. The highest BCUT2D eigenvalue weighted by Crippen LogP contribution is 2.42. The Balaban J connectivity index is 1.86. The Morgan fingerprint density at radius 1 is 1.18 bits per heavy atom. The van der Waals surface area contributed by atoms with Gasteiger partial charge in [-0.2, -0.15) is 0 Å². The maximum absolute atomic E-state index is 12.7. The van der Waals surface area contributed by atoms with Gasteiger partial charge in [-0.1, -0.05) is 63.9 Å². The Hall–Kier alpha value is -2.64. The van der Waals surface area contributed by atoms with Crippen molar-refractivity contribution in [2.24, 2.45) is 30.6 Å². The second-order valence-electron chi connectivity index (χ2n) is 10.1. The van der Waals surface area contributed by atoms with Gasteiger partial charge in [0.25, 0.3) is 0 Å². The summed E-state index contributed by atoms with van der Waals surface area (Å²) < 4.78 is 2.21. The quantitative estimate of drug-likeness (QED) is 0.194. The van der Waals surface area contributed by atoms with Crippen LogP contribution in [0.15, 0.2) is 30.5 Å². The molecule has 2 atom stereocenters. The van der Waals surface area contributed by atoms with Crippen molar-refractivity contribution < 1.29 is 4.79 Å². The van der Waals surface area contributed by atoms with Crippen molar-refractivity contribution in [3.05, 3.63) is 41.7 Å². The fraction of sp³-hybridized carbons (Fsp3) is 0.556. The molecule has 0 aliphatic carbocycles. The van der Waals surface area contributed by atoms with E-state index in [4.69, 9.17) is 11.3 Å². The van der Waals surface area contributed by atoms with Crippen LogP contribution in [0.4, 0.5) is 5.69 Å². The largest absolute Gasteiger partial charge is 0.351 e. The fourth-order valence-electron chi connectivity index (χ4n) is 4.95. The molecule has 1 saturated heterocycles. The number of nitrogens with one attached hydrogen (secondary N) is 3. The number of piperidine rings is 1. The molecule has 1 aromatic carbocycles. The minimum absolute atomic E-state index is 0.0109. The number of nitrogens with two attached hydrogens (primary N) is 1. The lowest BCUT2D eigenvalue weighted by atomic mass is 9.88. The fourth-order valence-corrected chi connectivity index (χ4v) is 4.95. The van der Waals surface area contributed by atoms with E-state index in [2.05, 4.69) is 78.5 Å². The van der Waals surface area contributed by atoms with Crippen LogP contribution in [0.1, 0.15) is 64.3 Å². The number of nitrogen functional groups attached to an aromatic ring is 1. The van der Waals surface area contributed by atoms with Crippen molar-refractivity contribution in [1.29, 1.82) is 5.41 Å². The lowest BCUT2D eigenvalue weighted by Gasteiger charge is -2.40. The molecule has 1 amide bonds. The van der Waals surface area contributed by atoms with Crippen LogP contribution in [0.3, 0.4) is 0 Å². The first-order valence-electron chi connectivity index (χ1n) is 12.5. The van der Waals surface area contributed by atoms with Gasteiger partial charge in [0.15, 0.2) is 0 Å². The van der Waals surface area contributed by atoms with Gasteiger partial charge in [-0.05, 0) is 44.3 Å². The predicted octanol–water partition coefficient (Wildman–Crippen LogP) is 4.83. The molecular formula is C27H42N6O. The van der Waals surface area contributed by atoms with E-state index >= 15 is 0 Å². The Kier molecular flexibility index (Phi) is 8.55. The number of rotatable bonds is 8. The van der Waals surface area contributed by atoms with Crippen LogP contribution >= 0.6 is 0 Å². The summed E-state index contributed by atoms with van der Waals surface area (Å²) >= 11 is 0. The van der Waals surface area contributed by atoms with E-state index in [1.165, 1.54) is 11.3 Å². The van der Waals surface area contributed by atoms with Gasteiger partial charge in [-0.3, -0.25) is 20.9 Å². The highest BCUT2D eigenvalue weighted by molar-refractivity contribution is 5.98. The van der Waals surface area contributed by atoms with Gasteiger partial charge in [-0.25, -0.2) is 0 Å². The zero-order valence-electron chi connectivity index (χ0n) is 21.6. The van der Waals surface area contributed by atoms with Crippen LogP contribution in [-0.4, -0.2) is 34.3 Å². The summed E-state index contributed by atoms with van der Waals surface area (Å²) in [7, 11) is 2.10. The molecule has 2 heterocycles. The lowest BCUT2D eigenvalue weighted by Crippen LogP contribution is -2.45. The van der Waals surface area contributed by atoms with Gasteiger partial charge in [0.1, 0.15) is 5.84 Å². The van der Waals surface area contributed by atoms with Crippen LogP contribution in [0, 0.1) is 30.1 Å². The standard InChI is InChI=1S/C27H42N6O/c1-7-19(5)24(33-14-12-21(13-15-33)27(34)30-26(28)17(2)3)25-23(31-29)22(16-32(25)6)20-10-8-18(4)9-11-20/h8-11,16-17,19,21,24,31H,7,12-15,29H2,1-6H3,(H2,28,30,34). The van der Waals surface area contributed by atoms with Crippen LogP contribution in [0.5, 0.6) is 0 Å². The van der Waals surface area contributed by atoms with E-state index < -0.39 is 0 Å². The molecule has 0 radical (unpaired) electrons. The number of carbonyl (C=O) groups excluding carboxylic acids is 1. The summed E-state index contributed by atoms with van der Waals surface area (Å²) in [6.45, 7) is 12.2. The highest BCUT2D eigenvalue weighted by Gasteiger charge is 2.35. The summed E-state index contributed by atoms with van der Waals surface area (Å²) in [5.41, 5.74) is 8.67. The van der Waals surface area contributed by atoms with Crippen molar-refractivity contribution >= 4 is 17.4 Å². The molecule has 2 aromatic rings. The molecule has 2 unspecified atom stereocenters. The highest BCUT2D eigenvalue weighted by atomic mass is 16.1. The van der Waals surface area contributed by atoms with E-state index in [0.717, 1.165) is 49.2 Å². The van der Waals surface area contributed by atoms with Crippen molar-refractivity contribution in [2.45, 2.75) is 59.9 Å². The second-order valence-corrected chi connectivity index (χ2v) is 10.1. The summed E-state index contributed by atoms with van der Waals surface area (Å²) in [5.74, 6) is 6.82. The van der Waals surface area contributed by atoms with E-state index in [9.17, 15) is 4.79 Å². The first-order chi connectivity index (χ1) is 16.2. The number of hydrazine groups is 1. The number of nitrogens with zero attached hydrogens (tertiary/aromatic N) is 2. The van der Waals surface area contributed by atoms with Crippen molar-refractivity contribution in [1.82, 2.24) is 14.8 Å². The van der Waals surface area contributed by atoms with E-state index in [-0.39, 0.29) is 23.8 Å². The number of hydrogen-bond donors (Lipinski definition) is 4. The molecule has 7 nitrogen and oxygen atoms in total. The first-order valence-corrected chi connectivity index (χ1v) is 12.5. The lowest BCUT2D eigenvalue weighted by molar-refractivity contribution is -0.125. The molecule has 1 aromatic heterocycles. The van der Waals surface area contributed by atoms with Crippen LogP contribution in [-0.2, 0) is 11.8 Å². The molecule has 0 bridgehead atoms. The van der Waals surface area contributed by atoms with Gasteiger partial charge in [-0.15, -0.1) is 0 Å². The third-order valence-corrected chi connectivity index (χ3v) is 7.33. The number of aryl methyl sites for hydroxylation is 2. The first kappa shape index (κ1) is 26.0. The molecule has 3 rings (SSSR count). The Morgan fingerprint density at radius 2 is 1.79 bits per heavy atom. The van der Waals surface area contributed by atoms with Gasteiger partial charge in [0.05, 0.1) is 17.4 Å². The summed E-state index contributed by atoms with van der Waals surface area (Å²) in [6.07, 6.45) is 4.81. The predicted molar refractivity (Wildman–Crippen MR) is 141 cm³/mol. The molecule has 5 N–H and O–H groups in total. The monoisotopic (exact) mass is 466 g/mol. The molecular weight excluding hydrogens is 424 g/mol. The van der Waals surface area contributed by atoms with Crippen LogP contribution in [0.2, 0.25) is 0 Å². The molecule has 7 heteroatoms. The summed E-state index contributed by atoms with van der Waals surface area (Å²) in [4.78, 5) is 15.2. The van der Waals surface area contributed by atoms with E-state index in [0.29, 0.717) is 11.8 Å². The molecule has 1 fully saturated rings. The maximum Gasteiger partial charge on any atom is 0.228 e. The van der Waals surface area contributed by atoms with Gasteiger partial charge >= 0.3 is 0 Å². The molecule has 1 aliphatic rings. The topological polar surface area (TPSA) is 99.2 Å². The Labute approximate surface area is 204 Å². The zero-order chi connectivity index (χ0) is 25.0. The van der Waals surface area contributed by atoms with E-state index in [1.54, 1.807) is 0 Å². The van der Waals surface area contributed by atoms with Gasteiger partial charge in [0, 0.05) is 30.6 Å². The SMILES string of the molecule is CCC(C)C(c1c(NN)c(-c2ccc(C)cc2)cn1C)N1CCC(C(=O)NC(=N)C(C)C)CC1. The number of carbonyl (C=O) groups is 1. The average molecular weight is 467 g/mol. The van der Waals surface area contributed by atoms with Gasteiger partial charge < -0.3 is 15.3 Å². The average Bonchev–Trinajstić information content (AvgIpc) is 3.15. The molecule has 34 heavy (non-hydrogen) atoms. The number of hydrogen-bond acceptors (Lipinski definition) is 5. The minimum atomic E-state index is -0.0448. The number of likely N-dealkylation sites (tertiary alicyclic amines) is 1. The van der Waals surface area contributed by atoms with Crippen LogP contribution in [0.25, 0.3) is 11.1 Å². The number of benzene rings is 1. The van der Waals surface area contributed by atoms with Crippen molar-refractivity contribution in [3.63, 3.8) is 0 Å². The normalized spacial score (nSPS) is 16.9. The smallest absolute Gasteiger partial charge is 0.228 e. The summed E-state index contributed by atoms with van der Waals surface area (Å²) in [5, 5.41) is 10.8. The minimum Gasteiger partial charge on any atom is -0.351 e. The maximum atomic E-state index is 12.7. The number of anilines is 1. The molecule has 0 spiro atoms. The second kappa shape index (κ2) is 11.2. The zero-order valence-corrected chi connectivity index (χ0v) is 21.6. The third kappa shape index (κ3) is 5.53. The van der Waals surface area contributed by atoms with Crippen molar-refractivity contribution in [3.8, 4) is 11.1 Å². The number of amidine groups is 1. The van der Waals surface area contributed by atoms with E-state index in [1.807, 2.05) is 13.8 Å². The Bertz CT molecular complexity index is 985.